The Hall–Kier alpha value is -2.30. The van der Waals surface area contributed by atoms with Gasteiger partial charge in [-0.3, -0.25) is 14.5 Å². The van der Waals surface area contributed by atoms with Crippen molar-refractivity contribution in [2.45, 2.75) is 47.0 Å². The van der Waals surface area contributed by atoms with Crippen LogP contribution in [0.4, 0.5) is 0 Å². The van der Waals surface area contributed by atoms with Gasteiger partial charge >= 0.3 is 0 Å². The summed E-state index contributed by atoms with van der Waals surface area (Å²) in [6, 6.07) is 7.53. The summed E-state index contributed by atoms with van der Waals surface area (Å²) < 4.78 is 5.53. The molecule has 5 nitrogen and oxygen atoms in total. The molecule has 2 amide bonds. The summed E-state index contributed by atoms with van der Waals surface area (Å²) in [4.78, 5) is 30.1. The third-order valence-corrected chi connectivity index (χ3v) is 5.52. The number of piperidine rings is 1. The van der Waals surface area contributed by atoms with Crippen LogP contribution in [0.3, 0.4) is 0 Å². The van der Waals surface area contributed by atoms with E-state index >= 15 is 0 Å². The van der Waals surface area contributed by atoms with Gasteiger partial charge in [0.2, 0.25) is 0 Å². The average molecular weight is 385 g/mol. The summed E-state index contributed by atoms with van der Waals surface area (Å²) in [6.45, 7) is 11.2. The minimum Gasteiger partial charge on any atom is -0.494 e. The molecule has 2 heterocycles. The van der Waals surface area contributed by atoms with Crippen LogP contribution in [0, 0.1) is 11.8 Å². The van der Waals surface area contributed by atoms with Crippen molar-refractivity contribution >= 4 is 17.4 Å². The predicted octanol–water partition coefficient (Wildman–Crippen LogP) is 3.94. The first-order valence-electron chi connectivity index (χ1n) is 10.5. The largest absolute Gasteiger partial charge is 0.494 e. The number of imide groups is 1. The number of ether oxygens (including phenoxy) is 1. The maximum absolute atomic E-state index is 13.3. The first-order chi connectivity index (χ1) is 13.5. The van der Waals surface area contributed by atoms with Gasteiger partial charge in [0, 0.05) is 19.6 Å². The van der Waals surface area contributed by atoms with Crippen LogP contribution >= 0.6 is 0 Å². The summed E-state index contributed by atoms with van der Waals surface area (Å²) in [5.74, 6) is 1.48. The molecule has 0 spiro atoms. The van der Waals surface area contributed by atoms with Gasteiger partial charge in [0.1, 0.15) is 11.4 Å². The lowest BCUT2D eigenvalue weighted by Gasteiger charge is -2.37. The molecule has 3 rings (SSSR count). The van der Waals surface area contributed by atoms with E-state index in [0.29, 0.717) is 36.3 Å². The van der Waals surface area contributed by atoms with Gasteiger partial charge in [-0.05, 0) is 49.3 Å². The second-order valence-electron chi connectivity index (χ2n) is 8.15. The van der Waals surface area contributed by atoms with E-state index in [9.17, 15) is 9.59 Å². The highest BCUT2D eigenvalue weighted by Crippen LogP contribution is 2.35. The molecule has 28 heavy (non-hydrogen) atoms. The molecule has 0 saturated carbocycles. The smallest absolute Gasteiger partial charge is 0.277 e. The molecule has 1 saturated heterocycles. The summed E-state index contributed by atoms with van der Waals surface area (Å²) >= 11 is 0. The maximum Gasteiger partial charge on any atom is 0.277 e. The van der Waals surface area contributed by atoms with Gasteiger partial charge in [-0.1, -0.05) is 39.3 Å². The molecule has 0 aliphatic carbocycles. The number of hydrogen-bond donors (Lipinski definition) is 0. The number of nitrogens with zero attached hydrogens (tertiary/aromatic N) is 2. The molecular weight excluding hydrogens is 352 g/mol. The van der Waals surface area contributed by atoms with Crippen LogP contribution in [0.25, 0.3) is 5.57 Å². The second-order valence-corrected chi connectivity index (χ2v) is 8.15. The molecule has 0 N–H and O–H groups in total. The molecule has 152 valence electrons. The van der Waals surface area contributed by atoms with Crippen molar-refractivity contribution in [1.29, 1.82) is 0 Å². The second kappa shape index (κ2) is 8.80. The Morgan fingerprint density at radius 1 is 1.00 bits per heavy atom. The van der Waals surface area contributed by atoms with Crippen LogP contribution in [0.1, 0.15) is 52.5 Å². The Bertz CT molecular complexity index is 744. The van der Waals surface area contributed by atoms with E-state index in [1.165, 1.54) is 4.90 Å². The average Bonchev–Trinajstić information content (AvgIpc) is 2.90. The van der Waals surface area contributed by atoms with Crippen molar-refractivity contribution in [3.05, 3.63) is 35.5 Å². The molecule has 0 radical (unpaired) electrons. The fourth-order valence-corrected chi connectivity index (χ4v) is 4.37. The lowest BCUT2D eigenvalue weighted by molar-refractivity contribution is -0.137. The lowest BCUT2D eigenvalue weighted by atomic mass is 9.91. The normalized spacial score (nSPS) is 23.0. The van der Waals surface area contributed by atoms with Gasteiger partial charge in [0.05, 0.1) is 12.2 Å². The third kappa shape index (κ3) is 4.08. The zero-order valence-corrected chi connectivity index (χ0v) is 17.5. The van der Waals surface area contributed by atoms with Crippen LogP contribution in [-0.4, -0.2) is 47.9 Å². The SMILES string of the molecule is CCCCN1C(=O)C(c2ccc(OCC)cc2)=C(N2CC(C)CC(C)C2)C1=O. The van der Waals surface area contributed by atoms with Gasteiger partial charge in [0.25, 0.3) is 11.8 Å². The van der Waals surface area contributed by atoms with Gasteiger partial charge in [-0.2, -0.15) is 0 Å². The number of benzene rings is 1. The van der Waals surface area contributed by atoms with E-state index in [2.05, 4.69) is 25.7 Å². The number of hydrogen-bond acceptors (Lipinski definition) is 4. The number of carbonyl (C=O) groups excluding carboxylic acids is 2. The van der Waals surface area contributed by atoms with Crippen LogP contribution in [0.5, 0.6) is 5.75 Å². The van der Waals surface area contributed by atoms with Crippen molar-refractivity contribution in [2.75, 3.05) is 26.2 Å². The summed E-state index contributed by atoms with van der Waals surface area (Å²) in [6.07, 6.45) is 2.93. The highest BCUT2D eigenvalue weighted by atomic mass is 16.5. The standard InChI is InChI=1S/C23H32N2O3/c1-5-7-12-25-22(26)20(18-8-10-19(11-9-18)28-6-2)21(23(25)27)24-14-16(3)13-17(4)15-24/h8-11,16-17H,5-7,12-15H2,1-4H3. The molecule has 2 aliphatic rings. The van der Waals surface area contributed by atoms with Crippen molar-refractivity contribution in [3.8, 4) is 5.75 Å². The minimum atomic E-state index is -0.163. The van der Waals surface area contributed by atoms with Crippen molar-refractivity contribution in [3.63, 3.8) is 0 Å². The fraction of sp³-hybridized carbons (Fsp3) is 0.565. The predicted molar refractivity (Wildman–Crippen MR) is 111 cm³/mol. The van der Waals surface area contributed by atoms with E-state index < -0.39 is 0 Å². The number of amides is 2. The third-order valence-electron chi connectivity index (χ3n) is 5.52. The lowest BCUT2D eigenvalue weighted by Crippen LogP contribution is -2.42. The number of carbonyl (C=O) groups is 2. The van der Waals surface area contributed by atoms with E-state index in [-0.39, 0.29) is 11.8 Å². The molecule has 2 aliphatic heterocycles. The molecule has 2 atom stereocenters. The van der Waals surface area contributed by atoms with E-state index in [4.69, 9.17) is 4.74 Å². The monoisotopic (exact) mass is 384 g/mol. The zero-order valence-electron chi connectivity index (χ0n) is 17.5. The molecular formula is C23H32N2O3. The molecule has 1 aromatic carbocycles. The topological polar surface area (TPSA) is 49.9 Å². The van der Waals surface area contributed by atoms with Crippen LogP contribution < -0.4 is 4.74 Å². The Morgan fingerprint density at radius 3 is 2.21 bits per heavy atom. The molecule has 0 bridgehead atoms. The Balaban J connectivity index is 2.01. The molecule has 5 heteroatoms. The quantitative estimate of drug-likeness (QED) is 0.668. The van der Waals surface area contributed by atoms with Crippen molar-refractivity contribution < 1.29 is 14.3 Å². The van der Waals surface area contributed by atoms with Gasteiger partial charge in [-0.25, -0.2) is 0 Å². The van der Waals surface area contributed by atoms with Crippen LogP contribution in [0.15, 0.2) is 30.0 Å². The highest BCUT2D eigenvalue weighted by Gasteiger charge is 2.42. The fourth-order valence-electron chi connectivity index (χ4n) is 4.37. The first kappa shape index (κ1) is 20.4. The van der Waals surface area contributed by atoms with Gasteiger partial charge in [-0.15, -0.1) is 0 Å². The number of unbranched alkanes of at least 4 members (excludes halogenated alkanes) is 1. The summed E-state index contributed by atoms with van der Waals surface area (Å²) in [5.41, 5.74) is 1.93. The van der Waals surface area contributed by atoms with Crippen molar-refractivity contribution in [1.82, 2.24) is 9.80 Å². The minimum absolute atomic E-state index is 0.136. The van der Waals surface area contributed by atoms with Gasteiger partial charge in [0.15, 0.2) is 0 Å². The number of likely N-dealkylation sites (tertiary alicyclic amines) is 1. The van der Waals surface area contributed by atoms with Gasteiger partial charge < -0.3 is 9.64 Å². The highest BCUT2D eigenvalue weighted by molar-refractivity contribution is 6.35. The molecule has 0 aromatic heterocycles. The maximum atomic E-state index is 13.3. The van der Waals surface area contributed by atoms with Crippen LogP contribution in [-0.2, 0) is 9.59 Å². The van der Waals surface area contributed by atoms with E-state index in [1.807, 2.05) is 31.2 Å². The van der Waals surface area contributed by atoms with Crippen LogP contribution in [0.2, 0.25) is 0 Å². The Morgan fingerprint density at radius 2 is 1.64 bits per heavy atom. The molecule has 2 unspecified atom stereocenters. The zero-order chi connectivity index (χ0) is 20.3. The van der Waals surface area contributed by atoms with Crippen molar-refractivity contribution in [2.24, 2.45) is 11.8 Å². The van der Waals surface area contributed by atoms with E-state index in [0.717, 1.165) is 43.7 Å². The first-order valence-corrected chi connectivity index (χ1v) is 10.5. The Labute approximate surface area is 168 Å². The Kier molecular flexibility index (Phi) is 6.42. The summed E-state index contributed by atoms with van der Waals surface area (Å²) in [7, 11) is 0. The summed E-state index contributed by atoms with van der Waals surface area (Å²) in [5, 5.41) is 0. The molecule has 1 fully saturated rings. The number of rotatable bonds is 7. The molecule has 1 aromatic rings. The van der Waals surface area contributed by atoms with E-state index in [1.54, 1.807) is 0 Å².